The van der Waals surface area contributed by atoms with E-state index >= 15 is 0 Å². The van der Waals surface area contributed by atoms with E-state index in [1.54, 1.807) is 32.0 Å². The molecular weight excluding hydrogens is 346 g/mol. The molecule has 0 unspecified atom stereocenters. The van der Waals surface area contributed by atoms with Crippen molar-refractivity contribution in [2.45, 2.75) is 0 Å². The number of aromatic nitrogens is 4. The highest BCUT2D eigenvalue weighted by Crippen LogP contribution is 2.30. The van der Waals surface area contributed by atoms with E-state index in [4.69, 9.17) is 9.47 Å². The molecule has 0 spiro atoms. The van der Waals surface area contributed by atoms with E-state index in [1.807, 2.05) is 36.4 Å². The number of H-pyrrole nitrogens is 2. The van der Waals surface area contributed by atoms with Gasteiger partial charge >= 0.3 is 0 Å². The molecule has 3 N–H and O–H groups in total. The number of methoxy groups -OCH3 is 2. The molecule has 0 fully saturated rings. The zero-order valence-corrected chi connectivity index (χ0v) is 15.2. The number of imidazole rings is 1. The van der Waals surface area contributed by atoms with Gasteiger partial charge in [0.25, 0.3) is 5.56 Å². The first kappa shape index (κ1) is 16.8. The van der Waals surface area contributed by atoms with Crippen molar-refractivity contribution in [3.8, 4) is 28.6 Å². The van der Waals surface area contributed by atoms with E-state index in [0.717, 1.165) is 11.0 Å². The van der Waals surface area contributed by atoms with Gasteiger partial charge in [0.05, 0.1) is 30.9 Å². The Bertz CT molecular complexity index is 1120. The highest BCUT2D eigenvalue weighted by atomic mass is 16.5. The number of nitrogens with zero attached hydrogens (tertiary/aromatic N) is 2. The largest absolute Gasteiger partial charge is 0.497 e. The Balaban J connectivity index is 1.92. The van der Waals surface area contributed by atoms with E-state index in [9.17, 15) is 4.79 Å². The molecule has 8 nitrogen and oxygen atoms in total. The van der Waals surface area contributed by atoms with E-state index in [1.165, 1.54) is 0 Å². The molecule has 2 aromatic heterocycles. The third kappa shape index (κ3) is 2.80. The van der Waals surface area contributed by atoms with Gasteiger partial charge in [-0.1, -0.05) is 12.1 Å². The minimum atomic E-state index is -0.264. The van der Waals surface area contributed by atoms with Gasteiger partial charge in [-0.25, -0.2) is 9.67 Å². The Morgan fingerprint density at radius 2 is 1.78 bits per heavy atom. The van der Waals surface area contributed by atoms with Crippen LogP contribution in [0.1, 0.15) is 0 Å². The molecule has 0 bridgehead atoms. The Kier molecular flexibility index (Phi) is 4.08. The van der Waals surface area contributed by atoms with Crippen molar-refractivity contribution in [3.63, 3.8) is 0 Å². The third-order valence-corrected chi connectivity index (χ3v) is 4.36. The molecule has 0 saturated carbocycles. The summed E-state index contributed by atoms with van der Waals surface area (Å²) in [5, 5.41) is 5.94. The number of ether oxygens (including phenoxy) is 2. The molecule has 8 heteroatoms. The highest BCUT2D eigenvalue weighted by molar-refractivity contribution is 5.82. The number of para-hydroxylation sites is 2. The Hall–Kier alpha value is -3.68. The molecule has 0 aliphatic heterocycles. The number of aromatic amines is 2. The van der Waals surface area contributed by atoms with Crippen LogP contribution < -0.4 is 20.3 Å². The summed E-state index contributed by atoms with van der Waals surface area (Å²) in [6.07, 6.45) is 0. The summed E-state index contributed by atoms with van der Waals surface area (Å²) in [6, 6.07) is 13.0. The Morgan fingerprint density at radius 1 is 1.07 bits per heavy atom. The van der Waals surface area contributed by atoms with Crippen molar-refractivity contribution < 1.29 is 9.47 Å². The molecule has 27 heavy (non-hydrogen) atoms. The van der Waals surface area contributed by atoms with Gasteiger partial charge in [0, 0.05) is 25.2 Å². The standard InChI is InChI=1S/C19H19N5O3/c1-20-18-16(17-21-14-6-4-5-7-15(14)22-17)19(25)23-24(18)11-8-12(26-2)10-13(9-11)27-3/h4-10,20H,1-3H3,(H,21,22)(H,23,25). The van der Waals surface area contributed by atoms with Gasteiger partial charge in [-0.05, 0) is 12.1 Å². The van der Waals surface area contributed by atoms with Gasteiger partial charge in [0.1, 0.15) is 28.7 Å². The van der Waals surface area contributed by atoms with E-state index < -0.39 is 0 Å². The number of rotatable bonds is 5. The quantitative estimate of drug-likeness (QED) is 0.505. The van der Waals surface area contributed by atoms with Crippen LogP contribution in [0.4, 0.5) is 5.82 Å². The third-order valence-electron chi connectivity index (χ3n) is 4.36. The lowest BCUT2D eigenvalue weighted by Crippen LogP contribution is -2.06. The fourth-order valence-electron chi connectivity index (χ4n) is 3.08. The van der Waals surface area contributed by atoms with E-state index in [-0.39, 0.29) is 5.56 Å². The fraction of sp³-hybridized carbons (Fsp3) is 0.158. The normalized spacial score (nSPS) is 10.9. The van der Waals surface area contributed by atoms with E-state index in [2.05, 4.69) is 20.4 Å². The van der Waals surface area contributed by atoms with Gasteiger partial charge < -0.3 is 19.8 Å². The smallest absolute Gasteiger partial charge is 0.277 e. The zero-order chi connectivity index (χ0) is 19.0. The van der Waals surface area contributed by atoms with Gasteiger partial charge in [0.2, 0.25) is 0 Å². The molecule has 0 atom stereocenters. The Labute approximate surface area is 154 Å². The first-order valence-corrected chi connectivity index (χ1v) is 8.36. The van der Waals surface area contributed by atoms with Crippen molar-refractivity contribution in [2.24, 2.45) is 0 Å². The van der Waals surface area contributed by atoms with Gasteiger partial charge in [-0.15, -0.1) is 0 Å². The monoisotopic (exact) mass is 365 g/mol. The van der Waals surface area contributed by atoms with Crippen molar-refractivity contribution in [3.05, 3.63) is 52.8 Å². The predicted molar refractivity (Wildman–Crippen MR) is 104 cm³/mol. The molecule has 4 rings (SSSR count). The minimum absolute atomic E-state index is 0.264. The fourth-order valence-corrected chi connectivity index (χ4v) is 3.08. The molecule has 138 valence electrons. The second-order valence-electron chi connectivity index (χ2n) is 5.92. The van der Waals surface area contributed by atoms with Crippen LogP contribution in [-0.2, 0) is 0 Å². The van der Waals surface area contributed by atoms with E-state index in [0.29, 0.717) is 34.4 Å². The van der Waals surface area contributed by atoms with Crippen LogP contribution >= 0.6 is 0 Å². The van der Waals surface area contributed by atoms with Crippen molar-refractivity contribution in [2.75, 3.05) is 26.6 Å². The SMILES string of the molecule is CNc1c(-c2nc3ccccc3[nH]2)c(=O)[nH]n1-c1cc(OC)cc(OC)c1. The molecule has 0 amide bonds. The zero-order valence-electron chi connectivity index (χ0n) is 15.2. The molecule has 2 aromatic carbocycles. The van der Waals surface area contributed by atoms with Crippen molar-refractivity contribution >= 4 is 16.9 Å². The molecule has 2 heterocycles. The number of fused-ring (bicyclic) bond motifs is 1. The lowest BCUT2D eigenvalue weighted by atomic mass is 10.2. The average Bonchev–Trinajstić information content (AvgIpc) is 3.27. The van der Waals surface area contributed by atoms with Crippen LogP contribution in [0.3, 0.4) is 0 Å². The lowest BCUT2D eigenvalue weighted by molar-refractivity contribution is 0.394. The molecular formula is C19H19N5O3. The van der Waals surface area contributed by atoms with Crippen LogP contribution in [0.25, 0.3) is 28.1 Å². The van der Waals surface area contributed by atoms with Crippen LogP contribution in [-0.4, -0.2) is 41.0 Å². The summed E-state index contributed by atoms with van der Waals surface area (Å²) < 4.78 is 12.3. The maximum atomic E-state index is 12.7. The first-order valence-electron chi connectivity index (χ1n) is 8.36. The molecule has 0 saturated heterocycles. The average molecular weight is 365 g/mol. The molecule has 0 radical (unpaired) electrons. The Morgan fingerprint density at radius 3 is 2.41 bits per heavy atom. The maximum absolute atomic E-state index is 12.7. The van der Waals surface area contributed by atoms with Crippen LogP contribution in [0.2, 0.25) is 0 Å². The molecule has 4 aromatic rings. The van der Waals surface area contributed by atoms with Crippen LogP contribution in [0.15, 0.2) is 47.3 Å². The highest BCUT2D eigenvalue weighted by Gasteiger charge is 2.20. The van der Waals surface area contributed by atoms with Crippen molar-refractivity contribution in [1.82, 2.24) is 19.7 Å². The van der Waals surface area contributed by atoms with Gasteiger partial charge in [-0.2, -0.15) is 0 Å². The van der Waals surface area contributed by atoms with Gasteiger partial charge in [0.15, 0.2) is 0 Å². The minimum Gasteiger partial charge on any atom is -0.497 e. The number of nitrogens with one attached hydrogen (secondary N) is 3. The summed E-state index contributed by atoms with van der Waals surface area (Å²) in [5.74, 6) is 2.31. The number of benzene rings is 2. The maximum Gasteiger partial charge on any atom is 0.277 e. The van der Waals surface area contributed by atoms with Gasteiger partial charge in [-0.3, -0.25) is 9.89 Å². The number of hydrogen-bond donors (Lipinski definition) is 3. The summed E-state index contributed by atoms with van der Waals surface area (Å²) in [4.78, 5) is 20.5. The summed E-state index contributed by atoms with van der Waals surface area (Å²) in [7, 11) is 4.91. The topological polar surface area (TPSA) is 97.0 Å². The number of anilines is 1. The summed E-state index contributed by atoms with van der Waals surface area (Å²) in [5.41, 5.74) is 2.51. The first-order chi connectivity index (χ1) is 13.1. The molecule has 0 aliphatic carbocycles. The second kappa shape index (κ2) is 6.56. The predicted octanol–water partition coefficient (Wildman–Crippen LogP) is 2.77. The van der Waals surface area contributed by atoms with Crippen LogP contribution in [0, 0.1) is 0 Å². The van der Waals surface area contributed by atoms with Crippen LogP contribution in [0.5, 0.6) is 11.5 Å². The molecule has 0 aliphatic rings. The summed E-state index contributed by atoms with van der Waals surface area (Å²) in [6.45, 7) is 0. The summed E-state index contributed by atoms with van der Waals surface area (Å²) >= 11 is 0. The second-order valence-corrected chi connectivity index (χ2v) is 5.92. The lowest BCUT2D eigenvalue weighted by Gasteiger charge is -2.12. The number of hydrogen-bond acceptors (Lipinski definition) is 5. The van der Waals surface area contributed by atoms with Crippen molar-refractivity contribution in [1.29, 1.82) is 0 Å².